The van der Waals surface area contributed by atoms with Crippen molar-refractivity contribution < 1.29 is 23.9 Å². The molecular formula is C30H28BrN3O5. The monoisotopic (exact) mass is 589 g/mol. The number of barbiturate groups is 1. The van der Waals surface area contributed by atoms with Crippen LogP contribution in [0.3, 0.4) is 0 Å². The second-order valence-electron chi connectivity index (χ2n) is 11.2. The highest BCUT2D eigenvalue weighted by atomic mass is 79.9. The molecule has 4 amide bonds. The zero-order valence-corrected chi connectivity index (χ0v) is 23.1. The van der Waals surface area contributed by atoms with Gasteiger partial charge in [0.15, 0.2) is 18.1 Å². The molecule has 0 atom stereocenters. The van der Waals surface area contributed by atoms with Crippen LogP contribution in [-0.4, -0.2) is 31.6 Å². The van der Waals surface area contributed by atoms with Crippen LogP contribution in [0.2, 0.25) is 0 Å². The van der Waals surface area contributed by atoms with Crippen LogP contribution in [0.25, 0.3) is 6.08 Å². The molecule has 9 heteroatoms. The average molecular weight is 590 g/mol. The normalized spacial score (nSPS) is 28.4. The van der Waals surface area contributed by atoms with E-state index in [0.29, 0.717) is 27.2 Å². The number of halogens is 1. The van der Waals surface area contributed by atoms with Crippen molar-refractivity contribution in [3.05, 3.63) is 57.6 Å². The highest BCUT2D eigenvalue weighted by Crippen LogP contribution is 2.60. The Kier molecular flexibility index (Phi) is 6.46. The van der Waals surface area contributed by atoms with Crippen LogP contribution in [0.4, 0.5) is 10.5 Å². The minimum Gasteiger partial charge on any atom is -0.493 e. The van der Waals surface area contributed by atoms with Crippen molar-refractivity contribution >= 4 is 45.5 Å². The molecule has 2 aromatic rings. The van der Waals surface area contributed by atoms with Crippen LogP contribution in [0.15, 0.2) is 46.4 Å². The minimum absolute atomic E-state index is 0.172. The summed E-state index contributed by atoms with van der Waals surface area (Å²) in [5.41, 5.74) is 2.21. The molecular weight excluding hydrogens is 562 g/mol. The Morgan fingerprint density at radius 1 is 1.08 bits per heavy atom. The number of benzene rings is 2. The number of hydrogen-bond acceptors (Lipinski definition) is 6. The number of amides is 4. The van der Waals surface area contributed by atoms with E-state index in [1.807, 2.05) is 18.2 Å². The molecule has 1 saturated heterocycles. The first-order chi connectivity index (χ1) is 18.8. The number of carbonyl (C=O) groups excluding carboxylic acids is 3. The van der Waals surface area contributed by atoms with Crippen molar-refractivity contribution in [3.63, 3.8) is 0 Å². The molecule has 5 fully saturated rings. The average Bonchev–Trinajstić information content (AvgIpc) is 2.89. The molecule has 1 aliphatic heterocycles. The van der Waals surface area contributed by atoms with E-state index in [0.717, 1.165) is 22.7 Å². The first-order valence-electron chi connectivity index (χ1n) is 13.2. The highest BCUT2D eigenvalue weighted by molar-refractivity contribution is 9.10. The molecule has 0 radical (unpaired) electrons. The SMILES string of the molecule is COc1cc(/C=C2/C(=O)NC(=O)N(c3ccc(C45CC6CC(CC(C6)C4)C5)cc3)C2=O)cc(Br)c1OCC#N. The lowest BCUT2D eigenvalue weighted by molar-refractivity contribution is -0.122. The fourth-order valence-electron chi connectivity index (χ4n) is 7.55. The number of urea groups is 1. The van der Waals surface area contributed by atoms with E-state index in [-0.39, 0.29) is 17.6 Å². The molecule has 5 aliphatic rings. The number of hydrogen-bond donors (Lipinski definition) is 1. The summed E-state index contributed by atoms with van der Waals surface area (Å²) in [5, 5.41) is 11.1. The lowest BCUT2D eigenvalue weighted by Crippen LogP contribution is -2.54. The molecule has 4 saturated carbocycles. The maximum Gasteiger partial charge on any atom is 0.335 e. The first kappa shape index (κ1) is 25.6. The number of nitrogens with zero attached hydrogens (tertiary/aromatic N) is 2. The van der Waals surface area contributed by atoms with E-state index in [2.05, 4.69) is 33.4 Å². The molecule has 2 aromatic carbocycles. The summed E-state index contributed by atoms with van der Waals surface area (Å²) in [6.45, 7) is -0.172. The molecule has 8 nitrogen and oxygen atoms in total. The van der Waals surface area contributed by atoms with Crippen LogP contribution < -0.4 is 19.7 Å². The fourth-order valence-corrected chi connectivity index (χ4v) is 8.13. The largest absolute Gasteiger partial charge is 0.493 e. The van der Waals surface area contributed by atoms with Crippen LogP contribution in [0, 0.1) is 29.1 Å². The van der Waals surface area contributed by atoms with Gasteiger partial charge in [0.05, 0.1) is 17.3 Å². The first-order valence-corrected chi connectivity index (χ1v) is 14.0. The van der Waals surface area contributed by atoms with E-state index >= 15 is 0 Å². The van der Waals surface area contributed by atoms with E-state index in [1.165, 1.54) is 57.3 Å². The third kappa shape index (κ3) is 4.51. The standard InChI is InChI=1S/C30H28BrN3O5/c1-38-25-13-17(12-24(31)26(25)39-7-6-32)11-23-27(35)33-29(37)34(28(23)36)22-4-2-21(3-5-22)30-14-18-8-19(15-30)10-20(9-18)16-30/h2-5,11-13,18-20H,7-10,14-16H2,1H3,(H,33,35,37)/b23-11-. The van der Waals surface area contributed by atoms with Crippen molar-refractivity contribution in [1.29, 1.82) is 5.26 Å². The third-order valence-corrected chi connectivity index (χ3v) is 9.31. The van der Waals surface area contributed by atoms with E-state index < -0.39 is 17.8 Å². The Morgan fingerprint density at radius 3 is 2.31 bits per heavy atom. The number of nitriles is 1. The quantitative estimate of drug-likeness (QED) is 0.352. The summed E-state index contributed by atoms with van der Waals surface area (Å²) in [6.07, 6.45) is 9.16. The minimum atomic E-state index is -0.774. The van der Waals surface area contributed by atoms with Crippen LogP contribution in [0.1, 0.15) is 49.7 Å². The topological polar surface area (TPSA) is 109 Å². The Hall–Kier alpha value is -3.64. The van der Waals surface area contributed by atoms with Gasteiger partial charge in [-0.2, -0.15) is 5.26 Å². The summed E-state index contributed by atoms with van der Waals surface area (Å²) < 4.78 is 11.3. The van der Waals surface area contributed by atoms with Gasteiger partial charge < -0.3 is 9.47 Å². The number of imide groups is 2. The van der Waals surface area contributed by atoms with Crippen molar-refractivity contribution in [1.82, 2.24) is 5.32 Å². The Bertz CT molecular complexity index is 1410. The maximum atomic E-state index is 13.5. The fraction of sp³-hybridized carbons (Fsp3) is 0.400. The van der Waals surface area contributed by atoms with Gasteiger partial charge in [0.2, 0.25) is 0 Å². The van der Waals surface area contributed by atoms with E-state index in [1.54, 1.807) is 12.1 Å². The van der Waals surface area contributed by atoms with Crippen LogP contribution in [-0.2, 0) is 15.0 Å². The van der Waals surface area contributed by atoms with Gasteiger partial charge in [-0.25, -0.2) is 9.69 Å². The van der Waals surface area contributed by atoms with Gasteiger partial charge in [-0.3, -0.25) is 14.9 Å². The molecule has 0 aromatic heterocycles. The number of carbonyl (C=O) groups is 3. The predicted molar refractivity (Wildman–Crippen MR) is 147 cm³/mol. The third-order valence-electron chi connectivity index (χ3n) is 8.72. The maximum absolute atomic E-state index is 13.5. The number of nitrogens with one attached hydrogen (secondary N) is 1. The molecule has 7 rings (SSSR count). The molecule has 200 valence electrons. The van der Waals surface area contributed by atoms with E-state index in [4.69, 9.17) is 14.7 Å². The van der Waals surface area contributed by atoms with Gasteiger partial charge in [-0.05, 0) is 119 Å². The van der Waals surface area contributed by atoms with Crippen LogP contribution >= 0.6 is 15.9 Å². The number of methoxy groups -OCH3 is 1. The predicted octanol–water partition coefficient (Wildman–Crippen LogP) is 5.49. The molecule has 4 aliphatic carbocycles. The summed E-state index contributed by atoms with van der Waals surface area (Å²) in [6, 6.07) is 12.1. The Labute approximate surface area is 235 Å². The molecule has 0 spiro atoms. The Morgan fingerprint density at radius 2 is 1.72 bits per heavy atom. The zero-order chi connectivity index (χ0) is 27.3. The number of ether oxygens (including phenoxy) is 2. The van der Waals surface area contributed by atoms with Gasteiger partial charge in [0.25, 0.3) is 11.8 Å². The Balaban J connectivity index is 1.28. The summed E-state index contributed by atoms with van der Waals surface area (Å²) in [5.74, 6) is 1.62. The van der Waals surface area contributed by atoms with Gasteiger partial charge in [0.1, 0.15) is 11.6 Å². The second kappa shape index (κ2) is 9.83. The summed E-state index contributed by atoms with van der Waals surface area (Å²) in [7, 11) is 1.45. The van der Waals surface area contributed by atoms with Crippen molar-refractivity contribution in [2.75, 3.05) is 18.6 Å². The molecule has 0 unspecified atom stereocenters. The highest BCUT2D eigenvalue weighted by Gasteiger charge is 2.51. The zero-order valence-electron chi connectivity index (χ0n) is 21.5. The van der Waals surface area contributed by atoms with Crippen molar-refractivity contribution in [2.45, 2.75) is 43.9 Å². The van der Waals surface area contributed by atoms with E-state index in [9.17, 15) is 14.4 Å². The molecule has 4 bridgehead atoms. The van der Waals surface area contributed by atoms with Gasteiger partial charge in [0, 0.05) is 0 Å². The van der Waals surface area contributed by atoms with Crippen molar-refractivity contribution in [3.8, 4) is 17.6 Å². The number of rotatable bonds is 6. The molecule has 1 heterocycles. The molecule has 1 N–H and O–H groups in total. The summed E-state index contributed by atoms with van der Waals surface area (Å²) in [4.78, 5) is 40.0. The second-order valence-corrected chi connectivity index (χ2v) is 12.0. The van der Waals surface area contributed by atoms with Crippen LogP contribution in [0.5, 0.6) is 11.5 Å². The van der Waals surface area contributed by atoms with Crippen molar-refractivity contribution in [2.24, 2.45) is 17.8 Å². The smallest absolute Gasteiger partial charge is 0.335 e. The van der Waals surface area contributed by atoms with Gasteiger partial charge >= 0.3 is 6.03 Å². The molecule has 39 heavy (non-hydrogen) atoms. The summed E-state index contributed by atoms with van der Waals surface area (Å²) >= 11 is 3.39. The van der Waals surface area contributed by atoms with Gasteiger partial charge in [-0.1, -0.05) is 12.1 Å². The van der Waals surface area contributed by atoms with Gasteiger partial charge in [-0.15, -0.1) is 0 Å². The lowest BCUT2D eigenvalue weighted by atomic mass is 9.48. The lowest BCUT2D eigenvalue weighted by Gasteiger charge is -2.57. The number of anilines is 1.